The molecule has 16 heavy (non-hydrogen) atoms. The molecule has 1 unspecified atom stereocenters. The summed E-state index contributed by atoms with van der Waals surface area (Å²) in [4.78, 5) is 21.9. The van der Waals surface area contributed by atoms with Crippen molar-refractivity contribution >= 4 is 12.0 Å². The van der Waals surface area contributed by atoms with Gasteiger partial charge in [0.25, 0.3) is 0 Å². The van der Waals surface area contributed by atoms with Gasteiger partial charge in [-0.25, -0.2) is 9.59 Å². The molecule has 6 nitrogen and oxygen atoms in total. The molecule has 0 aromatic carbocycles. The lowest BCUT2D eigenvalue weighted by Gasteiger charge is -2.13. The average molecular weight is 231 g/mol. The molecule has 0 aromatic rings. The van der Waals surface area contributed by atoms with Crippen LogP contribution in [0.1, 0.15) is 26.7 Å². The third-order valence-electron chi connectivity index (χ3n) is 2.08. The second-order valence-corrected chi connectivity index (χ2v) is 3.41. The van der Waals surface area contributed by atoms with Crippen LogP contribution in [0.4, 0.5) is 4.79 Å². The van der Waals surface area contributed by atoms with Crippen LogP contribution in [0.3, 0.4) is 0 Å². The lowest BCUT2D eigenvalue weighted by Crippen LogP contribution is -2.46. The molecule has 0 bridgehead atoms. The molecule has 0 spiro atoms. The van der Waals surface area contributed by atoms with Gasteiger partial charge in [-0.05, 0) is 25.9 Å². The van der Waals surface area contributed by atoms with Crippen molar-refractivity contribution in [1.82, 2.24) is 16.0 Å². The maximum Gasteiger partial charge on any atom is 0.326 e. The Kier molecular flexibility index (Phi) is 8.24. The Hall–Kier alpha value is -1.30. The number of carbonyl (C=O) groups excluding carboxylic acids is 1. The zero-order valence-corrected chi connectivity index (χ0v) is 9.88. The lowest BCUT2D eigenvalue weighted by molar-refractivity contribution is -0.139. The molecule has 0 saturated carbocycles. The lowest BCUT2D eigenvalue weighted by atomic mass is 10.2. The van der Waals surface area contributed by atoms with Crippen molar-refractivity contribution in [2.75, 3.05) is 19.6 Å². The fourth-order valence-corrected chi connectivity index (χ4v) is 1.14. The zero-order chi connectivity index (χ0) is 12.4. The van der Waals surface area contributed by atoms with Gasteiger partial charge >= 0.3 is 12.0 Å². The van der Waals surface area contributed by atoms with Crippen molar-refractivity contribution < 1.29 is 14.7 Å². The third kappa shape index (κ3) is 7.05. The molecule has 6 heteroatoms. The maximum absolute atomic E-state index is 11.2. The number of carbonyl (C=O) groups is 2. The first-order valence-corrected chi connectivity index (χ1v) is 5.59. The Bertz CT molecular complexity index is 221. The van der Waals surface area contributed by atoms with E-state index in [-0.39, 0.29) is 0 Å². The highest BCUT2D eigenvalue weighted by Gasteiger charge is 2.16. The molecule has 0 aliphatic heterocycles. The number of hydrogen-bond acceptors (Lipinski definition) is 3. The molecule has 4 N–H and O–H groups in total. The van der Waals surface area contributed by atoms with E-state index in [1.807, 2.05) is 6.92 Å². The normalized spacial score (nSPS) is 11.9. The molecule has 0 heterocycles. The van der Waals surface area contributed by atoms with Gasteiger partial charge in [0.05, 0.1) is 0 Å². The molecule has 94 valence electrons. The van der Waals surface area contributed by atoms with Crippen LogP contribution in [-0.4, -0.2) is 42.8 Å². The van der Waals surface area contributed by atoms with Gasteiger partial charge < -0.3 is 21.1 Å². The molecule has 2 amide bonds. The quantitative estimate of drug-likeness (QED) is 0.447. The standard InChI is InChI=1S/C10H21N3O3/c1-3-8(9(14)15)13-10(16)12-7-5-6-11-4-2/h8,11H,3-7H2,1-2H3,(H,14,15)(H2,12,13,16). The number of nitrogens with one attached hydrogen (secondary N) is 3. The Morgan fingerprint density at radius 3 is 2.44 bits per heavy atom. The Morgan fingerprint density at radius 1 is 1.25 bits per heavy atom. The average Bonchev–Trinajstić information content (AvgIpc) is 2.25. The van der Waals surface area contributed by atoms with E-state index in [0.29, 0.717) is 13.0 Å². The molecule has 0 aliphatic carbocycles. The van der Waals surface area contributed by atoms with Crippen LogP contribution in [-0.2, 0) is 4.79 Å². The summed E-state index contributed by atoms with van der Waals surface area (Å²) in [6, 6.07) is -1.24. The predicted molar refractivity (Wildman–Crippen MR) is 61.4 cm³/mol. The first-order valence-electron chi connectivity index (χ1n) is 5.59. The predicted octanol–water partition coefficient (Wildman–Crippen LogP) is 0.148. The Morgan fingerprint density at radius 2 is 1.94 bits per heavy atom. The summed E-state index contributed by atoms with van der Waals surface area (Å²) in [5.41, 5.74) is 0. The number of rotatable bonds is 8. The summed E-state index contributed by atoms with van der Waals surface area (Å²) in [6.07, 6.45) is 1.20. The highest BCUT2D eigenvalue weighted by molar-refractivity contribution is 5.82. The van der Waals surface area contributed by atoms with Crippen LogP contribution in [0.5, 0.6) is 0 Å². The summed E-state index contributed by atoms with van der Waals surface area (Å²) in [6.45, 7) is 6.01. The van der Waals surface area contributed by atoms with E-state index in [2.05, 4.69) is 16.0 Å². The highest BCUT2D eigenvalue weighted by atomic mass is 16.4. The fourth-order valence-electron chi connectivity index (χ4n) is 1.14. The van der Waals surface area contributed by atoms with Crippen molar-refractivity contribution in [3.63, 3.8) is 0 Å². The Balaban J connectivity index is 3.61. The minimum Gasteiger partial charge on any atom is -0.480 e. The number of carboxylic acid groups (broad SMARTS) is 1. The largest absolute Gasteiger partial charge is 0.480 e. The molecule has 0 aromatic heterocycles. The summed E-state index contributed by atoms with van der Waals surface area (Å²) < 4.78 is 0. The number of carboxylic acids is 1. The van der Waals surface area contributed by atoms with Crippen LogP contribution >= 0.6 is 0 Å². The Labute approximate surface area is 95.8 Å². The van der Waals surface area contributed by atoms with Crippen LogP contribution in [0.2, 0.25) is 0 Å². The van der Waals surface area contributed by atoms with Crippen LogP contribution < -0.4 is 16.0 Å². The van der Waals surface area contributed by atoms with Gasteiger partial charge in [-0.1, -0.05) is 13.8 Å². The van der Waals surface area contributed by atoms with Gasteiger partial charge in [0.2, 0.25) is 0 Å². The van der Waals surface area contributed by atoms with Crippen molar-refractivity contribution in [2.45, 2.75) is 32.7 Å². The van der Waals surface area contributed by atoms with Crippen molar-refractivity contribution in [1.29, 1.82) is 0 Å². The third-order valence-corrected chi connectivity index (χ3v) is 2.08. The van der Waals surface area contributed by atoms with E-state index in [1.54, 1.807) is 6.92 Å². The summed E-state index contributed by atoms with van der Waals surface area (Å²) >= 11 is 0. The summed E-state index contributed by atoms with van der Waals surface area (Å²) in [5, 5.41) is 16.8. The smallest absolute Gasteiger partial charge is 0.326 e. The van der Waals surface area contributed by atoms with Crippen molar-refractivity contribution in [2.24, 2.45) is 0 Å². The van der Waals surface area contributed by atoms with E-state index in [1.165, 1.54) is 0 Å². The zero-order valence-electron chi connectivity index (χ0n) is 9.88. The molecule has 0 aliphatic rings. The van der Waals surface area contributed by atoms with E-state index < -0.39 is 18.0 Å². The van der Waals surface area contributed by atoms with Crippen LogP contribution in [0.15, 0.2) is 0 Å². The van der Waals surface area contributed by atoms with Crippen LogP contribution in [0, 0.1) is 0 Å². The monoisotopic (exact) mass is 231 g/mol. The van der Waals surface area contributed by atoms with Gasteiger partial charge in [-0.15, -0.1) is 0 Å². The molecule has 0 fully saturated rings. The van der Waals surface area contributed by atoms with E-state index in [4.69, 9.17) is 5.11 Å². The maximum atomic E-state index is 11.2. The van der Waals surface area contributed by atoms with Crippen molar-refractivity contribution in [3.8, 4) is 0 Å². The molecular formula is C10H21N3O3. The topological polar surface area (TPSA) is 90.5 Å². The van der Waals surface area contributed by atoms with E-state index in [9.17, 15) is 9.59 Å². The molecular weight excluding hydrogens is 210 g/mol. The van der Waals surface area contributed by atoms with E-state index in [0.717, 1.165) is 19.5 Å². The van der Waals surface area contributed by atoms with Gasteiger partial charge in [-0.2, -0.15) is 0 Å². The minimum absolute atomic E-state index is 0.375. The first-order chi connectivity index (χ1) is 7.61. The summed E-state index contributed by atoms with van der Waals surface area (Å²) in [5.74, 6) is -1.01. The van der Waals surface area contributed by atoms with E-state index >= 15 is 0 Å². The number of amides is 2. The van der Waals surface area contributed by atoms with Gasteiger partial charge in [0.15, 0.2) is 0 Å². The minimum atomic E-state index is -1.01. The fraction of sp³-hybridized carbons (Fsp3) is 0.800. The molecule has 0 saturated heterocycles. The molecule has 0 rings (SSSR count). The number of hydrogen-bond donors (Lipinski definition) is 4. The van der Waals surface area contributed by atoms with Crippen LogP contribution in [0.25, 0.3) is 0 Å². The number of urea groups is 1. The summed E-state index contributed by atoms with van der Waals surface area (Å²) in [7, 11) is 0. The number of aliphatic carboxylic acids is 1. The molecule has 0 radical (unpaired) electrons. The first kappa shape index (κ1) is 14.7. The van der Waals surface area contributed by atoms with Gasteiger partial charge in [0, 0.05) is 6.54 Å². The second kappa shape index (κ2) is 8.96. The van der Waals surface area contributed by atoms with Crippen molar-refractivity contribution in [3.05, 3.63) is 0 Å². The molecule has 1 atom stereocenters. The second-order valence-electron chi connectivity index (χ2n) is 3.41. The highest BCUT2D eigenvalue weighted by Crippen LogP contribution is 1.90. The van der Waals surface area contributed by atoms with Gasteiger partial charge in [-0.3, -0.25) is 0 Å². The SMILES string of the molecule is CCNCCCNC(=O)NC(CC)C(=O)O. The van der Waals surface area contributed by atoms with Gasteiger partial charge in [0.1, 0.15) is 6.04 Å².